The van der Waals surface area contributed by atoms with E-state index < -0.39 is 0 Å². The molecule has 18 heavy (non-hydrogen) atoms. The van der Waals surface area contributed by atoms with Crippen LogP contribution in [0.1, 0.15) is 5.56 Å². The Balaban J connectivity index is 2.26. The third kappa shape index (κ3) is 3.17. The van der Waals surface area contributed by atoms with Gasteiger partial charge in [0.15, 0.2) is 11.2 Å². The lowest BCUT2D eigenvalue weighted by atomic mass is 10.0. The highest BCUT2D eigenvalue weighted by Gasteiger charge is 2.05. The lowest BCUT2D eigenvalue weighted by Gasteiger charge is -2.03. The van der Waals surface area contributed by atoms with E-state index in [-0.39, 0.29) is 10.9 Å². The molecule has 0 aliphatic heterocycles. The van der Waals surface area contributed by atoms with Crippen LogP contribution in [0.3, 0.4) is 0 Å². The molecule has 0 bridgehead atoms. The van der Waals surface area contributed by atoms with Crippen molar-refractivity contribution in [1.82, 2.24) is 0 Å². The summed E-state index contributed by atoms with van der Waals surface area (Å²) in [5.74, 6) is 0.364. The Kier molecular flexibility index (Phi) is 4.11. The molecule has 2 heteroatoms. The molecule has 2 aromatic rings. The molecule has 0 amide bonds. The zero-order valence-corrected chi connectivity index (χ0v) is 11.4. The lowest BCUT2D eigenvalue weighted by Crippen LogP contribution is -1.91. The summed E-state index contributed by atoms with van der Waals surface area (Å²) in [5.41, 5.74) is 3.23. The van der Waals surface area contributed by atoms with Crippen LogP contribution in [0.2, 0.25) is 0 Å². The minimum Gasteiger partial charge on any atom is -0.503 e. The zero-order valence-electron chi connectivity index (χ0n) is 10.6. The van der Waals surface area contributed by atoms with Crippen LogP contribution in [-0.4, -0.2) is 17.6 Å². The molecule has 0 atom stereocenters. The normalized spacial score (nSPS) is 11.8. The Morgan fingerprint density at radius 3 is 2.00 bits per heavy atom. The average molecular weight is 257 g/mol. The molecule has 0 aromatic heterocycles. The van der Waals surface area contributed by atoms with Gasteiger partial charge in [-0.3, -0.25) is 0 Å². The molecular weight excluding hydrogens is 240 g/mol. The number of hydrogen-bond acceptors (Lipinski definition) is 1. The Bertz CT molecular complexity index is 527. The van der Waals surface area contributed by atoms with E-state index in [2.05, 4.69) is 24.6 Å². The second kappa shape index (κ2) is 5.78. The molecule has 1 nitrogen and oxygen atoms in total. The quantitative estimate of drug-likeness (QED) is 0.648. The summed E-state index contributed by atoms with van der Waals surface area (Å²) in [7, 11) is 0.100. The highest BCUT2D eigenvalue weighted by Crippen LogP contribution is 2.21. The van der Waals surface area contributed by atoms with Crippen LogP contribution in [0.5, 0.6) is 0 Å². The van der Waals surface area contributed by atoms with Gasteiger partial charge in [-0.05, 0) is 11.1 Å². The average Bonchev–Trinajstić information content (AvgIpc) is 2.39. The topological polar surface area (TPSA) is 20.2 Å². The fourth-order valence-electron chi connectivity index (χ4n) is 1.76. The largest absolute Gasteiger partial charge is 0.503 e. The van der Waals surface area contributed by atoms with Crippen LogP contribution in [0.4, 0.5) is 0 Å². The van der Waals surface area contributed by atoms with E-state index in [9.17, 15) is 5.11 Å². The Hall–Kier alpha value is -1.67. The maximum absolute atomic E-state index is 9.92. The molecule has 0 aliphatic carbocycles. The van der Waals surface area contributed by atoms with Crippen LogP contribution < -0.4 is 0 Å². The molecule has 92 valence electrons. The van der Waals surface area contributed by atoms with Crippen molar-refractivity contribution < 1.29 is 5.11 Å². The fourth-order valence-corrected chi connectivity index (χ4v) is 2.34. The van der Waals surface area contributed by atoms with Gasteiger partial charge in [-0.25, -0.2) is 0 Å². The van der Waals surface area contributed by atoms with Gasteiger partial charge in [-0.1, -0.05) is 54.6 Å². The summed E-state index contributed by atoms with van der Waals surface area (Å²) < 4.78 is 0. The van der Waals surface area contributed by atoms with E-state index in [0.717, 1.165) is 5.56 Å². The standard InChI is InChI=1S/C16H16OS/c1-18(2)12-16(17)15-10-8-14(9-11-15)13-6-4-3-5-7-13/h3-12H,1-2H3/p+1/b16-12-. The van der Waals surface area contributed by atoms with Gasteiger partial charge in [-0.2, -0.15) is 0 Å². The van der Waals surface area contributed by atoms with Crippen molar-refractivity contribution in [3.05, 3.63) is 65.6 Å². The number of aliphatic hydroxyl groups is 1. The van der Waals surface area contributed by atoms with E-state index in [0.29, 0.717) is 5.76 Å². The van der Waals surface area contributed by atoms with Crippen LogP contribution in [0.25, 0.3) is 16.9 Å². The summed E-state index contributed by atoms with van der Waals surface area (Å²) in [6.07, 6.45) is 4.16. The van der Waals surface area contributed by atoms with E-state index in [1.54, 1.807) is 0 Å². The maximum Gasteiger partial charge on any atom is 0.170 e. The Labute approximate surface area is 111 Å². The summed E-state index contributed by atoms with van der Waals surface area (Å²) in [6, 6.07) is 18.2. The van der Waals surface area contributed by atoms with Gasteiger partial charge in [0.05, 0.1) is 0 Å². The predicted octanol–water partition coefficient (Wildman–Crippen LogP) is 4.09. The van der Waals surface area contributed by atoms with Crippen LogP contribution in [-0.2, 0) is 10.9 Å². The molecule has 0 radical (unpaired) electrons. The van der Waals surface area contributed by atoms with Gasteiger partial charge < -0.3 is 5.11 Å². The first kappa shape index (κ1) is 12.8. The number of hydrogen-bond donors (Lipinski definition) is 1. The maximum atomic E-state index is 9.92. The molecule has 2 aromatic carbocycles. The molecule has 2 rings (SSSR count). The first-order valence-electron chi connectivity index (χ1n) is 5.80. The van der Waals surface area contributed by atoms with Gasteiger partial charge in [0.25, 0.3) is 0 Å². The highest BCUT2D eigenvalue weighted by atomic mass is 32.2. The fraction of sp³-hybridized carbons (Fsp3) is 0.125. The predicted molar refractivity (Wildman–Crippen MR) is 81.7 cm³/mol. The van der Waals surface area contributed by atoms with Crippen molar-refractivity contribution in [3.8, 4) is 11.1 Å². The van der Waals surface area contributed by atoms with Crippen molar-refractivity contribution in [2.24, 2.45) is 0 Å². The van der Waals surface area contributed by atoms with Crippen molar-refractivity contribution in [3.63, 3.8) is 0 Å². The molecule has 0 saturated carbocycles. The van der Waals surface area contributed by atoms with Gasteiger partial charge in [0, 0.05) is 16.5 Å². The van der Waals surface area contributed by atoms with Crippen LogP contribution >= 0.6 is 0 Å². The van der Waals surface area contributed by atoms with Crippen LogP contribution in [0, 0.1) is 0 Å². The Morgan fingerprint density at radius 1 is 0.889 bits per heavy atom. The van der Waals surface area contributed by atoms with E-state index in [1.165, 1.54) is 11.1 Å². The zero-order chi connectivity index (χ0) is 13.0. The number of aliphatic hydroxyl groups excluding tert-OH is 1. The van der Waals surface area contributed by atoms with Crippen molar-refractivity contribution in [2.75, 3.05) is 12.5 Å². The smallest absolute Gasteiger partial charge is 0.170 e. The first-order valence-corrected chi connectivity index (χ1v) is 7.90. The molecule has 1 N–H and O–H groups in total. The molecular formula is C16H17OS+. The second-order valence-corrected chi connectivity index (χ2v) is 6.32. The molecule has 0 heterocycles. The SMILES string of the molecule is C[S+](C)/C=C(\O)c1ccc(-c2ccccc2)cc1. The summed E-state index contributed by atoms with van der Waals surface area (Å²) in [4.78, 5) is 0. The minimum absolute atomic E-state index is 0.100. The summed E-state index contributed by atoms with van der Waals surface area (Å²) >= 11 is 0. The molecule has 0 spiro atoms. The molecule has 0 saturated heterocycles. The van der Waals surface area contributed by atoms with E-state index in [1.807, 2.05) is 47.9 Å². The summed E-state index contributed by atoms with van der Waals surface area (Å²) in [6.45, 7) is 0. The monoisotopic (exact) mass is 257 g/mol. The lowest BCUT2D eigenvalue weighted by molar-refractivity contribution is 0.513. The minimum atomic E-state index is 0.100. The summed E-state index contributed by atoms with van der Waals surface area (Å²) in [5, 5.41) is 11.8. The molecule has 0 aliphatic rings. The Morgan fingerprint density at radius 2 is 1.44 bits per heavy atom. The van der Waals surface area contributed by atoms with Gasteiger partial charge in [-0.15, -0.1) is 0 Å². The van der Waals surface area contributed by atoms with Crippen LogP contribution in [0.15, 0.2) is 60.0 Å². The number of rotatable bonds is 3. The van der Waals surface area contributed by atoms with E-state index >= 15 is 0 Å². The highest BCUT2D eigenvalue weighted by molar-refractivity contribution is 7.98. The number of benzene rings is 2. The van der Waals surface area contributed by atoms with Gasteiger partial charge >= 0.3 is 0 Å². The van der Waals surface area contributed by atoms with Crippen molar-refractivity contribution in [1.29, 1.82) is 0 Å². The van der Waals surface area contributed by atoms with Crippen molar-refractivity contribution >= 4 is 16.7 Å². The van der Waals surface area contributed by atoms with E-state index in [4.69, 9.17) is 0 Å². The third-order valence-corrected chi connectivity index (χ3v) is 3.33. The molecule has 0 fully saturated rings. The third-order valence-electron chi connectivity index (χ3n) is 2.64. The first-order chi connectivity index (χ1) is 8.66. The van der Waals surface area contributed by atoms with Gasteiger partial charge in [0.2, 0.25) is 0 Å². The van der Waals surface area contributed by atoms with Gasteiger partial charge in [0.1, 0.15) is 12.5 Å². The molecule has 0 unspecified atom stereocenters. The van der Waals surface area contributed by atoms with Crippen molar-refractivity contribution in [2.45, 2.75) is 0 Å². The second-order valence-electron chi connectivity index (χ2n) is 4.33.